The Hall–Kier alpha value is -1.88. The monoisotopic (exact) mass is 345 g/mol. The molecule has 2 N–H and O–H groups in total. The summed E-state index contributed by atoms with van der Waals surface area (Å²) in [5.74, 6) is -0.700. The van der Waals surface area contributed by atoms with Gasteiger partial charge in [0.2, 0.25) is 5.91 Å². The van der Waals surface area contributed by atoms with Gasteiger partial charge in [0.15, 0.2) is 0 Å². The normalized spacial score (nSPS) is 29.8. The molecule has 1 aliphatic heterocycles. The molecule has 5 nitrogen and oxygen atoms in total. The number of ether oxygens (including phenoxy) is 1. The summed E-state index contributed by atoms with van der Waals surface area (Å²) in [7, 11) is 0. The molecule has 1 aliphatic carbocycles. The Bertz CT molecular complexity index is 581. The van der Waals surface area contributed by atoms with Crippen molar-refractivity contribution in [1.29, 1.82) is 0 Å². The van der Waals surface area contributed by atoms with E-state index in [1.165, 1.54) is 5.56 Å². The second-order valence-corrected chi connectivity index (χ2v) is 7.24. The molecule has 1 saturated heterocycles. The first-order valence-corrected chi connectivity index (χ1v) is 9.32. The molecular weight excluding hydrogens is 318 g/mol. The Morgan fingerprint density at radius 3 is 2.40 bits per heavy atom. The van der Waals surface area contributed by atoms with E-state index in [4.69, 9.17) is 9.84 Å². The largest absolute Gasteiger partial charge is 0.481 e. The fourth-order valence-corrected chi connectivity index (χ4v) is 4.04. The summed E-state index contributed by atoms with van der Waals surface area (Å²) in [5, 5.41) is 12.2. The lowest BCUT2D eigenvalue weighted by Crippen LogP contribution is -2.39. The van der Waals surface area contributed by atoms with Gasteiger partial charge in [-0.1, -0.05) is 30.3 Å². The summed E-state index contributed by atoms with van der Waals surface area (Å²) in [6.07, 6.45) is 4.66. The van der Waals surface area contributed by atoms with E-state index < -0.39 is 5.97 Å². The molecule has 1 amide bonds. The third kappa shape index (κ3) is 4.60. The highest BCUT2D eigenvalue weighted by Gasteiger charge is 2.31. The number of carboxylic acids is 1. The standard InChI is InChI=1S/C20H27NO4/c22-19(15-8-10-16(11-9-15)20(23)24)21-13-17-7-4-12-25-18(17)14-5-2-1-3-6-14/h1-3,5-6,15-18H,4,7-13H2,(H,21,22)(H,23,24). The SMILES string of the molecule is O=C(O)C1CCC(C(=O)NCC2CCCOC2c2ccccc2)CC1. The molecule has 2 fully saturated rings. The predicted molar refractivity (Wildman–Crippen MR) is 94.0 cm³/mol. The number of hydrogen-bond donors (Lipinski definition) is 2. The second-order valence-electron chi connectivity index (χ2n) is 7.24. The number of carbonyl (C=O) groups excluding carboxylic acids is 1. The van der Waals surface area contributed by atoms with E-state index in [1.807, 2.05) is 18.2 Å². The molecule has 3 rings (SSSR count). The summed E-state index contributed by atoms with van der Waals surface area (Å²) < 4.78 is 5.98. The van der Waals surface area contributed by atoms with Gasteiger partial charge >= 0.3 is 5.97 Å². The van der Waals surface area contributed by atoms with E-state index in [-0.39, 0.29) is 29.8 Å². The van der Waals surface area contributed by atoms with Crippen molar-refractivity contribution < 1.29 is 19.4 Å². The lowest BCUT2D eigenvalue weighted by Gasteiger charge is -2.33. The molecular formula is C20H27NO4. The van der Waals surface area contributed by atoms with Crippen molar-refractivity contribution >= 4 is 11.9 Å². The molecule has 1 saturated carbocycles. The van der Waals surface area contributed by atoms with Crippen LogP contribution in [0.15, 0.2) is 30.3 Å². The minimum absolute atomic E-state index is 0.0398. The van der Waals surface area contributed by atoms with Crippen LogP contribution in [0, 0.1) is 17.8 Å². The smallest absolute Gasteiger partial charge is 0.306 e. The van der Waals surface area contributed by atoms with Gasteiger partial charge < -0.3 is 15.2 Å². The Morgan fingerprint density at radius 2 is 1.72 bits per heavy atom. The van der Waals surface area contributed by atoms with Crippen LogP contribution in [0.1, 0.15) is 50.2 Å². The van der Waals surface area contributed by atoms with Gasteiger partial charge in [-0.25, -0.2) is 0 Å². The lowest BCUT2D eigenvalue weighted by atomic mass is 9.81. The topological polar surface area (TPSA) is 75.6 Å². The first-order chi connectivity index (χ1) is 12.1. The van der Waals surface area contributed by atoms with Crippen molar-refractivity contribution in [1.82, 2.24) is 5.32 Å². The van der Waals surface area contributed by atoms with Crippen molar-refractivity contribution in [3.63, 3.8) is 0 Å². The maximum absolute atomic E-state index is 12.5. The van der Waals surface area contributed by atoms with E-state index in [2.05, 4.69) is 17.4 Å². The fourth-order valence-electron chi connectivity index (χ4n) is 4.04. The number of nitrogens with one attached hydrogen (secondary N) is 1. The molecule has 0 bridgehead atoms. The van der Waals surface area contributed by atoms with E-state index in [9.17, 15) is 9.59 Å². The first kappa shape index (κ1) is 17.9. The number of aliphatic carboxylic acids is 1. The van der Waals surface area contributed by atoms with Crippen molar-refractivity contribution in [2.45, 2.75) is 44.6 Å². The van der Waals surface area contributed by atoms with E-state index in [0.29, 0.717) is 32.2 Å². The number of hydrogen-bond acceptors (Lipinski definition) is 3. The molecule has 5 heteroatoms. The maximum atomic E-state index is 12.5. The van der Waals surface area contributed by atoms with Gasteiger partial charge in [0.05, 0.1) is 12.0 Å². The molecule has 1 aromatic carbocycles. The van der Waals surface area contributed by atoms with Gasteiger partial charge in [-0.2, -0.15) is 0 Å². The van der Waals surface area contributed by atoms with Gasteiger partial charge in [-0.3, -0.25) is 9.59 Å². The minimum Gasteiger partial charge on any atom is -0.481 e. The van der Waals surface area contributed by atoms with Crippen LogP contribution in [0.25, 0.3) is 0 Å². The van der Waals surface area contributed by atoms with Crippen LogP contribution in [0.4, 0.5) is 0 Å². The highest BCUT2D eigenvalue weighted by molar-refractivity contribution is 5.79. The molecule has 0 aromatic heterocycles. The number of carbonyl (C=O) groups is 2. The second kappa shape index (κ2) is 8.48. The van der Waals surface area contributed by atoms with E-state index in [1.54, 1.807) is 0 Å². The van der Waals surface area contributed by atoms with Crippen molar-refractivity contribution in [2.24, 2.45) is 17.8 Å². The van der Waals surface area contributed by atoms with E-state index >= 15 is 0 Å². The average molecular weight is 345 g/mol. The zero-order valence-electron chi connectivity index (χ0n) is 14.5. The first-order valence-electron chi connectivity index (χ1n) is 9.32. The van der Waals surface area contributed by atoms with Gasteiger partial charge in [0, 0.05) is 25.0 Å². The molecule has 1 aromatic rings. The third-order valence-corrected chi connectivity index (χ3v) is 5.56. The molecule has 0 spiro atoms. The maximum Gasteiger partial charge on any atom is 0.306 e. The average Bonchev–Trinajstić information content (AvgIpc) is 2.67. The van der Waals surface area contributed by atoms with Crippen molar-refractivity contribution in [2.75, 3.05) is 13.2 Å². The highest BCUT2D eigenvalue weighted by Crippen LogP contribution is 2.33. The van der Waals surface area contributed by atoms with Crippen LogP contribution < -0.4 is 5.32 Å². The fraction of sp³-hybridized carbons (Fsp3) is 0.600. The molecule has 2 atom stereocenters. The summed E-state index contributed by atoms with van der Waals surface area (Å²) in [6, 6.07) is 10.2. The van der Waals surface area contributed by atoms with E-state index in [0.717, 1.165) is 19.4 Å². The number of benzene rings is 1. The van der Waals surface area contributed by atoms with Crippen LogP contribution in [0.2, 0.25) is 0 Å². The molecule has 25 heavy (non-hydrogen) atoms. The minimum atomic E-state index is -0.732. The molecule has 2 unspecified atom stereocenters. The zero-order chi connectivity index (χ0) is 17.6. The summed E-state index contributed by atoms with van der Waals surface area (Å²) in [4.78, 5) is 23.5. The lowest BCUT2D eigenvalue weighted by molar-refractivity contribution is -0.144. The van der Waals surface area contributed by atoms with Crippen molar-refractivity contribution in [3.8, 4) is 0 Å². The van der Waals surface area contributed by atoms with Crippen LogP contribution in [-0.4, -0.2) is 30.1 Å². The van der Waals surface area contributed by atoms with Crippen molar-refractivity contribution in [3.05, 3.63) is 35.9 Å². The molecule has 0 radical (unpaired) electrons. The molecule has 1 heterocycles. The summed E-state index contributed by atoms with van der Waals surface area (Å²) >= 11 is 0. The number of carboxylic acid groups (broad SMARTS) is 1. The summed E-state index contributed by atoms with van der Waals surface area (Å²) in [5.41, 5.74) is 1.17. The zero-order valence-corrected chi connectivity index (χ0v) is 14.5. The van der Waals surface area contributed by atoms with Crippen LogP contribution in [-0.2, 0) is 14.3 Å². The predicted octanol–water partition coefficient (Wildman–Crippen LogP) is 3.16. The highest BCUT2D eigenvalue weighted by atomic mass is 16.5. The van der Waals surface area contributed by atoms with Crippen LogP contribution in [0.5, 0.6) is 0 Å². The summed E-state index contributed by atoms with van der Waals surface area (Å²) in [6.45, 7) is 1.39. The van der Waals surface area contributed by atoms with Crippen LogP contribution >= 0.6 is 0 Å². The third-order valence-electron chi connectivity index (χ3n) is 5.56. The van der Waals surface area contributed by atoms with Gasteiger partial charge in [-0.15, -0.1) is 0 Å². The Balaban J connectivity index is 1.51. The molecule has 136 valence electrons. The van der Waals surface area contributed by atoms with Gasteiger partial charge in [0.1, 0.15) is 0 Å². The van der Waals surface area contributed by atoms with Crippen LogP contribution in [0.3, 0.4) is 0 Å². The van der Waals surface area contributed by atoms with Gasteiger partial charge in [-0.05, 0) is 44.1 Å². The van der Waals surface area contributed by atoms with Gasteiger partial charge in [0.25, 0.3) is 0 Å². The number of rotatable bonds is 5. The Kier molecular flexibility index (Phi) is 6.08. The number of amides is 1. The quantitative estimate of drug-likeness (QED) is 0.859. The Labute approximate surface area is 148 Å². The molecule has 2 aliphatic rings. The Morgan fingerprint density at radius 1 is 1.04 bits per heavy atom.